The van der Waals surface area contributed by atoms with Gasteiger partial charge in [-0.2, -0.15) is 0 Å². The van der Waals surface area contributed by atoms with Gasteiger partial charge in [-0.3, -0.25) is 9.59 Å². The largest absolute Gasteiger partial charge is 0.465 e. The second-order valence-electron chi connectivity index (χ2n) is 5.42. The Bertz CT molecular complexity index is 795. The fourth-order valence-electron chi connectivity index (χ4n) is 2.16. The molecule has 0 radical (unpaired) electrons. The number of rotatable bonds is 5. The van der Waals surface area contributed by atoms with Crippen molar-refractivity contribution >= 4 is 39.8 Å². The fraction of sp³-hybridized carbons (Fsp3) is 0.235. The maximum Gasteiger partial charge on any atom is 0.339 e. The Balaban J connectivity index is 1.70. The third-order valence-corrected chi connectivity index (χ3v) is 4.60. The number of amides is 2. The molecule has 2 aromatic rings. The number of para-hydroxylation sites is 1. The Kier molecular flexibility index (Phi) is 4.61. The summed E-state index contributed by atoms with van der Waals surface area (Å²) in [5.74, 6) is -0.756. The van der Waals surface area contributed by atoms with E-state index in [1.807, 2.05) is 0 Å². The van der Waals surface area contributed by atoms with Gasteiger partial charge in [-0.15, -0.1) is 11.3 Å². The van der Waals surface area contributed by atoms with Crippen molar-refractivity contribution in [1.29, 1.82) is 0 Å². The molecular weight excluding hydrogens is 328 g/mol. The summed E-state index contributed by atoms with van der Waals surface area (Å²) in [4.78, 5) is 36.3. The van der Waals surface area contributed by atoms with Gasteiger partial charge in [0.1, 0.15) is 0 Å². The van der Waals surface area contributed by atoms with Crippen LogP contribution in [0.4, 0.5) is 10.7 Å². The third-order valence-electron chi connectivity index (χ3n) is 3.60. The summed E-state index contributed by atoms with van der Waals surface area (Å²) in [6.07, 6.45) is 1.85. The predicted molar refractivity (Wildman–Crippen MR) is 91.4 cm³/mol. The number of anilines is 2. The lowest BCUT2D eigenvalue weighted by atomic mass is 10.2. The maximum absolute atomic E-state index is 12.4. The molecule has 0 atom stereocenters. The molecule has 3 rings (SSSR count). The van der Waals surface area contributed by atoms with Gasteiger partial charge in [-0.1, -0.05) is 12.1 Å². The van der Waals surface area contributed by atoms with Crippen LogP contribution in [0.5, 0.6) is 0 Å². The SMILES string of the molecule is COC(=O)c1ccccc1NC(=O)c1ccc(NC(=O)C2CC2)s1. The van der Waals surface area contributed by atoms with Crippen LogP contribution in [0.25, 0.3) is 0 Å². The van der Waals surface area contributed by atoms with Crippen molar-refractivity contribution in [2.75, 3.05) is 17.7 Å². The lowest BCUT2D eigenvalue weighted by molar-refractivity contribution is -0.117. The summed E-state index contributed by atoms with van der Waals surface area (Å²) >= 11 is 1.19. The van der Waals surface area contributed by atoms with E-state index in [9.17, 15) is 14.4 Å². The fourth-order valence-corrected chi connectivity index (χ4v) is 2.96. The molecule has 24 heavy (non-hydrogen) atoms. The van der Waals surface area contributed by atoms with Crippen LogP contribution >= 0.6 is 11.3 Å². The number of nitrogens with one attached hydrogen (secondary N) is 2. The zero-order valence-corrected chi connectivity index (χ0v) is 13.8. The van der Waals surface area contributed by atoms with E-state index in [2.05, 4.69) is 10.6 Å². The number of thiophene rings is 1. The van der Waals surface area contributed by atoms with Crippen LogP contribution in [0.2, 0.25) is 0 Å². The number of carbonyl (C=O) groups is 3. The Hall–Kier alpha value is -2.67. The van der Waals surface area contributed by atoms with Crippen LogP contribution in [0.3, 0.4) is 0 Å². The zero-order valence-electron chi connectivity index (χ0n) is 13.0. The Morgan fingerprint density at radius 1 is 1.08 bits per heavy atom. The highest BCUT2D eigenvalue weighted by Gasteiger charge is 2.29. The molecule has 0 spiro atoms. The molecule has 1 saturated carbocycles. The van der Waals surface area contributed by atoms with Gasteiger partial charge >= 0.3 is 5.97 Å². The number of carbonyl (C=O) groups excluding carboxylic acids is 3. The van der Waals surface area contributed by atoms with E-state index < -0.39 is 5.97 Å². The zero-order chi connectivity index (χ0) is 17.1. The maximum atomic E-state index is 12.4. The molecule has 0 saturated heterocycles. The van der Waals surface area contributed by atoms with Crippen LogP contribution in [0.1, 0.15) is 32.9 Å². The predicted octanol–water partition coefficient (Wildman–Crippen LogP) is 3.14. The van der Waals surface area contributed by atoms with Crippen LogP contribution in [0, 0.1) is 5.92 Å². The standard InChI is InChI=1S/C17H16N2O4S/c1-23-17(22)11-4-2-3-5-12(11)18-16(21)13-8-9-14(24-13)19-15(20)10-6-7-10/h2-5,8-10H,6-7H2,1H3,(H,18,21)(H,19,20). The quantitative estimate of drug-likeness (QED) is 0.816. The summed E-state index contributed by atoms with van der Waals surface area (Å²) < 4.78 is 4.71. The van der Waals surface area contributed by atoms with E-state index in [1.165, 1.54) is 18.4 Å². The first-order chi connectivity index (χ1) is 11.6. The highest BCUT2D eigenvalue weighted by molar-refractivity contribution is 7.18. The topological polar surface area (TPSA) is 84.5 Å². The first kappa shape index (κ1) is 16.2. The van der Waals surface area contributed by atoms with E-state index in [1.54, 1.807) is 36.4 Å². The highest BCUT2D eigenvalue weighted by atomic mass is 32.1. The minimum Gasteiger partial charge on any atom is -0.465 e. The smallest absolute Gasteiger partial charge is 0.339 e. The molecule has 1 aliphatic rings. The molecule has 0 unspecified atom stereocenters. The average Bonchev–Trinajstić information content (AvgIpc) is 3.34. The van der Waals surface area contributed by atoms with Crippen LogP contribution in [-0.4, -0.2) is 24.9 Å². The van der Waals surface area contributed by atoms with Crippen molar-refractivity contribution in [3.05, 3.63) is 46.8 Å². The summed E-state index contributed by atoms with van der Waals surface area (Å²) in [5.41, 5.74) is 0.665. The number of methoxy groups -OCH3 is 1. The van der Waals surface area contributed by atoms with Crippen LogP contribution < -0.4 is 10.6 Å². The third kappa shape index (κ3) is 3.62. The van der Waals surface area contributed by atoms with E-state index in [4.69, 9.17) is 4.74 Å². The summed E-state index contributed by atoms with van der Waals surface area (Å²) in [5, 5.41) is 6.15. The van der Waals surface area contributed by atoms with Gasteiger partial charge in [0.05, 0.1) is 28.2 Å². The molecule has 7 heteroatoms. The van der Waals surface area contributed by atoms with E-state index in [-0.39, 0.29) is 23.3 Å². The molecule has 0 bridgehead atoms. The van der Waals surface area contributed by atoms with E-state index in [0.29, 0.717) is 15.6 Å². The minimum atomic E-state index is -0.519. The molecule has 1 aromatic carbocycles. The van der Waals surface area contributed by atoms with Crippen molar-refractivity contribution in [3.8, 4) is 0 Å². The second-order valence-corrected chi connectivity index (χ2v) is 6.50. The number of hydrogen-bond donors (Lipinski definition) is 2. The lowest BCUT2D eigenvalue weighted by Crippen LogP contribution is -2.14. The molecule has 6 nitrogen and oxygen atoms in total. The average molecular weight is 344 g/mol. The van der Waals surface area contributed by atoms with Gasteiger partial charge in [0, 0.05) is 5.92 Å². The van der Waals surface area contributed by atoms with Gasteiger partial charge in [0.15, 0.2) is 0 Å². The first-order valence-corrected chi connectivity index (χ1v) is 8.29. The lowest BCUT2D eigenvalue weighted by Gasteiger charge is -2.08. The molecule has 2 amide bonds. The molecule has 1 heterocycles. The van der Waals surface area contributed by atoms with Gasteiger partial charge in [0.25, 0.3) is 5.91 Å². The van der Waals surface area contributed by atoms with Crippen molar-refractivity contribution in [2.24, 2.45) is 5.92 Å². The molecular formula is C17H16N2O4S. The molecule has 1 aromatic heterocycles. The van der Waals surface area contributed by atoms with Crippen molar-refractivity contribution < 1.29 is 19.1 Å². The number of ether oxygens (including phenoxy) is 1. The van der Waals surface area contributed by atoms with Gasteiger partial charge < -0.3 is 15.4 Å². The van der Waals surface area contributed by atoms with Gasteiger partial charge in [0.2, 0.25) is 5.91 Å². The monoisotopic (exact) mass is 344 g/mol. The summed E-state index contributed by atoms with van der Waals surface area (Å²) in [7, 11) is 1.29. The van der Waals surface area contributed by atoms with Gasteiger partial charge in [-0.05, 0) is 37.1 Å². The summed E-state index contributed by atoms with van der Waals surface area (Å²) in [6, 6.07) is 9.97. The van der Waals surface area contributed by atoms with Crippen LogP contribution in [0.15, 0.2) is 36.4 Å². The Morgan fingerprint density at radius 3 is 2.54 bits per heavy atom. The van der Waals surface area contributed by atoms with Crippen LogP contribution in [-0.2, 0) is 9.53 Å². The van der Waals surface area contributed by atoms with Crippen molar-refractivity contribution in [3.63, 3.8) is 0 Å². The molecule has 2 N–H and O–H groups in total. The summed E-state index contributed by atoms with van der Waals surface area (Å²) in [6.45, 7) is 0. The van der Waals surface area contributed by atoms with Crippen molar-refractivity contribution in [1.82, 2.24) is 0 Å². The minimum absolute atomic E-state index is 0.000143. The molecule has 124 valence electrons. The second kappa shape index (κ2) is 6.84. The Morgan fingerprint density at radius 2 is 1.83 bits per heavy atom. The Labute approximate surface area is 142 Å². The van der Waals surface area contributed by atoms with Crippen molar-refractivity contribution in [2.45, 2.75) is 12.8 Å². The van der Waals surface area contributed by atoms with E-state index >= 15 is 0 Å². The number of hydrogen-bond acceptors (Lipinski definition) is 5. The molecule has 1 aliphatic carbocycles. The highest BCUT2D eigenvalue weighted by Crippen LogP contribution is 2.31. The first-order valence-electron chi connectivity index (χ1n) is 7.48. The van der Waals surface area contributed by atoms with Gasteiger partial charge in [-0.25, -0.2) is 4.79 Å². The number of benzene rings is 1. The molecule has 0 aliphatic heterocycles. The number of esters is 1. The van der Waals surface area contributed by atoms with E-state index in [0.717, 1.165) is 12.8 Å². The molecule has 1 fully saturated rings. The normalized spacial score (nSPS) is 13.2.